The Kier molecular flexibility index (Phi) is 17.1. The number of amides is 3. The van der Waals surface area contributed by atoms with Gasteiger partial charge in [-0.1, -0.05) is 49.9 Å². The molecule has 5 aliphatic heterocycles. The van der Waals surface area contributed by atoms with Crippen LogP contribution in [-0.4, -0.2) is 105 Å². The van der Waals surface area contributed by atoms with Gasteiger partial charge >= 0.3 is 0 Å². The highest BCUT2D eigenvalue weighted by Gasteiger charge is 2.32. The first kappa shape index (κ1) is 44.0. The van der Waals surface area contributed by atoms with Gasteiger partial charge in [0.05, 0.1) is 17.3 Å². The predicted octanol–water partition coefficient (Wildman–Crippen LogP) is 4.56. The van der Waals surface area contributed by atoms with Crippen LogP contribution < -0.4 is 21.7 Å². The number of nitrogens with one attached hydrogen (secondary N) is 4. The van der Waals surface area contributed by atoms with Crippen LogP contribution in [0.5, 0.6) is 0 Å². The maximum atomic E-state index is 14.3. The summed E-state index contributed by atoms with van der Waals surface area (Å²) in [5.41, 5.74) is 8.36. The molecule has 13 nitrogen and oxygen atoms in total. The number of fused-ring (bicyclic) bond motifs is 3. The Labute approximate surface area is 338 Å². The summed E-state index contributed by atoms with van der Waals surface area (Å²) in [7, 11) is -3.59. The molecule has 2 fully saturated rings. The zero-order valence-corrected chi connectivity index (χ0v) is 34.3. The van der Waals surface area contributed by atoms with Crippen LogP contribution in [0, 0.1) is 23.2 Å². The maximum absolute atomic E-state index is 14.3. The van der Waals surface area contributed by atoms with E-state index in [0.29, 0.717) is 56.7 Å². The fourth-order valence-electron chi connectivity index (χ4n) is 8.21. The summed E-state index contributed by atoms with van der Waals surface area (Å²) in [5, 5.41) is 16.4. The van der Waals surface area contributed by atoms with E-state index in [0.717, 1.165) is 82.3 Å². The zero-order valence-electron chi connectivity index (χ0n) is 33.4. The van der Waals surface area contributed by atoms with Crippen LogP contribution in [0.3, 0.4) is 0 Å². The normalized spacial score (nSPS) is 23.5. The lowest BCUT2D eigenvalue weighted by molar-refractivity contribution is -0.130. The molecule has 6 aliphatic rings. The second-order valence-corrected chi connectivity index (χ2v) is 18.5. The first-order valence-corrected chi connectivity index (χ1v) is 22.8. The number of nitrogens with zero attached hydrogens (tertiary/aromatic N) is 2. The fraction of sp³-hybridized carbons (Fsp3) is 0.605. The number of carbonyl (C=O) groups is 4. The molecule has 312 valence electrons. The Morgan fingerprint density at radius 1 is 0.719 bits per heavy atom. The van der Waals surface area contributed by atoms with Gasteiger partial charge in [-0.2, -0.15) is 0 Å². The van der Waals surface area contributed by atoms with E-state index in [9.17, 15) is 27.6 Å². The molecule has 8 rings (SSSR count). The van der Waals surface area contributed by atoms with Crippen molar-refractivity contribution in [3.8, 4) is 0 Å². The number of Topliss-reactive ketones (excluding diaryl/α,β-unsaturated/α-hetero) is 1. The minimum absolute atomic E-state index is 0.0634. The van der Waals surface area contributed by atoms with E-state index >= 15 is 0 Å². The summed E-state index contributed by atoms with van der Waals surface area (Å²) in [6, 6.07) is 14.6. The monoisotopic (exact) mass is 805 g/mol. The molecular formula is C43H63N7O6S. The van der Waals surface area contributed by atoms with Gasteiger partial charge in [0.25, 0.3) is 0 Å². The van der Waals surface area contributed by atoms with Gasteiger partial charge in [0, 0.05) is 94.7 Å². The zero-order chi connectivity index (χ0) is 40.6. The molecular weight excluding hydrogens is 743 g/mol. The molecule has 1 aliphatic carbocycles. The molecule has 2 aromatic rings. The van der Waals surface area contributed by atoms with E-state index in [2.05, 4.69) is 25.8 Å². The molecule has 14 heteroatoms. The van der Waals surface area contributed by atoms with Crippen molar-refractivity contribution in [3.05, 3.63) is 59.7 Å². The molecule has 3 amide bonds. The smallest absolute Gasteiger partial charge is 0.225 e. The number of unbranched alkanes of at least 4 members (excludes halogenated alkanes) is 2. The van der Waals surface area contributed by atoms with Gasteiger partial charge in [0.15, 0.2) is 9.84 Å². The highest BCUT2D eigenvalue weighted by molar-refractivity contribution is 7.91. The summed E-state index contributed by atoms with van der Waals surface area (Å²) < 4.78 is 27.5. The van der Waals surface area contributed by atoms with E-state index in [1.54, 1.807) is 12.1 Å². The number of nitrogens with two attached hydrogens (primary N) is 1. The van der Waals surface area contributed by atoms with Crippen LogP contribution >= 0.6 is 0 Å². The topological polar surface area (TPSA) is 195 Å². The third-order valence-electron chi connectivity index (χ3n) is 11.6. The second-order valence-electron chi connectivity index (χ2n) is 16.4. The summed E-state index contributed by atoms with van der Waals surface area (Å²) in [6.07, 6.45) is 8.66. The summed E-state index contributed by atoms with van der Waals surface area (Å²) in [6.45, 7) is 4.97. The van der Waals surface area contributed by atoms with Gasteiger partial charge in [-0.15, -0.1) is 0 Å². The van der Waals surface area contributed by atoms with E-state index in [4.69, 9.17) is 11.1 Å². The summed E-state index contributed by atoms with van der Waals surface area (Å²) >= 11 is 0. The Hall–Kier alpha value is -4.14. The number of carbonyl (C=O) groups excluding carboxylic acids is 4. The third-order valence-corrected chi connectivity index (χ3v) is 13.5. The number of benzene rings is 2. The minimum atomic E-state index is -3.59. The molecule has 0 unspecified atom stereocenters. The van der Waals surface area contributed by atoms with Gasteiger partial charge in [-0.05, 0) is 79.8 Å². The molecule has 5 heterocycles. The van der Waals surface area contributed by atoms with Gasteiger partial charge in [-0.25, -0.2) is 8.42 Å². The molecule has 57 heavy (non-hydrogen) atoms. The number of hydrogen-bond donors (Lipinski definition) is 5. The average molecular weight is 806 g/mol. The van der Waals surface area contributed by atoms with Crippen molar-refractivity contribution in [1.82, 2.24) is 15.1 Å². The van der Waals surface area contributed by atoms with Crippen molar-refractivity contribution in [2.75, 3.05) is 68.0 Å². The van der Waals surface area contributed by atoms with Gasteiger partial charge < -0.3 is 31.5 Å². The van der Waals surface area contributed by atoms with Crippen LogP contribution in [0.1, 0.15) is 88.2 Å². The minimum Gasteiger partial charge on any atom is -0.388 e. The Balaban J connectivity index is 1.37. The lowest BCUT2D eigenvalue weighted by Crippen LogP contribution is -2.47. The van der Waals surface area contributed by atoms with Gasteiger partial charge in [-0.3, -0.25) is 24.6 Å². The molecule has 6 N–H and O–H groups in total. The molecule has 0 aromatic heterocycles. The molecule has 0 spiro atoms. The number of anilines is 2. The molecule has 0 radical (unpaired) electrons. The predicted molar refractivity (Wildman–Crippen MR) is 225 cm³/mol. The van der Waals surface area contributed by atoms with Crippen molar-refractivity contribution in [3.63, 3.8) is 0 Å². The van der Waals surface area contributed by atoms with E-state index in [-0.39, 0.29) is 66.0 Å². The Morgan fingerprint density at radius 3 is 1.81 bits per heavy atom. The Morgan fingerprint density at radius 2 is 1.26 bits per heavy atom. The van der Waals surface area contributed by atoms with Crippen LogP contribution in [-0.2, 0) is 41.9 Å². The van der Waals surface area contributed by atoms with E-state index in [1.807, 2.05) is 36.4 Å². The van der Waals surface area contributed by atoms with Crippen LogP contribution in [0.4, 0.5) is 11.4 Å². The first-order valence-electron chi connectivity index (χ1n) is 21.0. The van der Waals surface area contributed by atoms with E-state index < -0.39 is 21.7 Å². The summed E-state index contributed by atoms with van der Waals surface area (Å²) in [4.78, 5) is 58.4. The number of sulfone groups is 1. The number of piperazine rings is 1. The molecule has 2 aromatic carbocycles. The molecule has 1 saturated carbocycles. The lowest BCUT2D eigenvalue weighted by atomic mass is 9.87. The first-order chi connectivity index (χ1) is 27.4. The van der Waals surface area contributed by atoms with Gasteiger partial charge in [0.2, 0.25) is 17.7 Å². The lowest BCUT2D eigenvalue weighted by Gasteiger charge is -2.34. The maximum Gasteiger partial charge on any atom is 0.225 e. The van der Waals surface area contributed by atoms with Crippen LogP contribution in [0.2, 0.25) is 0 Å². The SMILES string of the molecule is N=C(N)CCCCCNC(=O)[C@H]1CC(=O)[C@H](CS(=O)(=O)CC2CCCCC2)Cc2ccc(cc2)NC(=O)CCN2CCN(CCC(=O)Nc3ccc(cc3)C1)CC2. The quantitative estimate of drug-likeness (QED) is 0.123. The highest BCUT2D eigenvalue weighted by Crippen LogP contribution is 2.27. The Bertz CT molecular complexity index is 1750. The van der Waals surface area contributed by atoms with Crippen LogP contribution in [0.15, 0.2) is 48.5 Å². The second kappa shape index (κ2) is 22.1. The number of amidine groups is 1. The van der Waals surface area contributed by atoms with Crippen LogP contribution in [0.25, 0.3) is 0 Å². The number of rotatable bonds is 11. The van der Waals surface area contributed by atoms with Crippen molar-refractivity contribution in [1.29, 1.82) is 5.41 Å². The van der Waals surface area contributed by atoms with Gasteiger partial charge in [0.1, 0.15) is 5.78 Å². The van der Waals surface area contributed by atoms with Crippen molar-refractivity contribution in [2.45, 2.75) is 89.9 Å². The number of ketones is 1. The highest BCUT2D eigenvalue weighted by atomic mass is 32.2. The standard InChI is InChI=1S/C43H63N7O6S/c44-40(45)9-5-2-6-20-46-43(54)35-27-32-10-14-37(15-11-32)47-41(52)18-21-49-23-25-50(26-24-49)22-19-42(53)48-38-16-12-33(13-17-38)28-36(39(51)29-35)31-57(55,56)30-34-7-3-1-4-8-34/h10-17,34-36H,1-9,18-31H2,(H3,44,45)(H,46,54)(H,47,52)(H,48,53)/t35-,36+/m1/s1. The molecule has 6 bridgehead atoms. The fourth-order valence-corrected chi connectivity index (χ4v) is 10.3. The van der Waals surface area contributed by atoms with Crippen molar-refractivity contribution >= 4 is 50.6 Å². The van der Waals surface area contributed by atoms with Crippen molar-refractivity contribution in [2.24, 2.45) is 23.5 Å². The largest absolute Gasteiger partial charge is 0.388 e. The van der Waals surface area contributed by atoms with Crippen molar-refractivity contribution < 1.29 is 27.6 Å². The molecule has 2 atom stereocenters. The number of hydrogen-bond acceptors (Lipinski definition) is 9. The summed E-state index contributed by atoms with van der Waals surface area (Å²) in [5.74, 6) is -2.32. The third kappa shape index (κ3) is 15.6. The van der Waals surface area contributed by atoms with E-state index in [1.165, 1.54) is 0 Å². The average Bonchev–Trinajstić information content (AvgIpc) is 3.18. The molecule has 1 saturated heterocycles.